The number of carbonyl (C=O) groups excluding carboxylic acids is 1. The maximum atomic E-state index is 11.8. The van der Waals surface area contributed by atoms with Crippen molar-refractivity contribution >= 4 is 11.7 Å². The van der Waals surface area contributed by atoms with E-state index < -0.39 is 0 Å². The van der Waals surface area contributed by atoms with Gasteiger partial charge < -0.3 is 9.88 Å². The molecule has 18 heavy (non-hydrogen) atoms. The molecule has 0 aliphatic carbocycles. The molecule has 0 spiro atoms. The Bertz CT molecular complexity index is 530. The summed E-state index contributed by atoms with van der Waals surface area (Å²) in [5, 5.41) is 2.76. The first kappa shape index (κ1) is 12.3. The lowest BCUT2D eigenvalue weighted by molar-refractivity contribution is -0.116. The lowest BCUT2D eigenvalue weighted by Gasteiger charge is -2.06. The lowest BCUT2D eigenvalue weighted by Crippen LogP contribution is -2.19. The molecule has 0 radical (unpaired) electrons. The van der Waals surface area contributed by atoms with Crippen molar-refractivity contribution in [3.8, 4) is 0 Å². The first-order valence-corrected chi connectivity index (χ1v) is 5.91. The van der Waals surface area contributed by atoms with Gasteiger partial charge in [0.05, 0.1) is 0 Å². The van der Waals surface area contributed by atoms with Crippen LogP contribution in [0.15, 0.2) is 30.7 Å². The van der Waals surface area contributed by atoms with Crippen LogP contribution in [0.4, 0.5) is 5.82 Å². The number of hydrogen-bond donors (Lipinski definition) is 1. The van der Waals surface area contributed by atoms with Crippen molar-refractivity contribution in [2.24, 2.45) is 0 Å². The Morgan fingerprint density at radius 3 is 2.78 bits per heavy atom. The summed E-state index contributed by atoms with van der Waals surface area (Å²) in [6.45, 7) is 4.18. The Hall–Kier alpha value is -2.17. The third kappa shape index (κ3) is 2.94. The summed E-state index contributed by atoms with van der Waals surface area (Å²) in [6.07, 6.45) is 6.17. The van der Waals surface area contributed by atoms with Gasteiger partial charge >= 0.3 is 0 Å². The SMILES string of the molecule is CCc1ccc(NC(=O)Cn2ccnc2C)nc1. The summed E-state index contributed by atoms with van der Waals surface area (Å²) >= 11 is 0. The van der Waals surface area contributed by atoms with E-state index >= 15 is 0 Å². The van der Waals surface area contributed by atoms with Crippen LogP contribution in [-0.4, -0.2) is 20.4 Å². The number of pyridine rings is 1. The second-order valence-electron chi connectivity index (χ2n) is 4.06. The van der Waals surface area contributed by atoms with E-state index in [2.05, 4.69) is 22.2 Å². The topological polar surface area (TPSA) is 59.8 Å². The smallest absolute Gasteiger partial charge is 0.245 e. The summed E-state index contributed by atoms with van der Waals surface area (Å²) in [7, 11) is 0. The third-order valence-electron chi connectivity index (χ3n) is 2.74. The van der Waals surface area contributed by atoms with Gasteiger partial charge in [-0.05, 0) is 25.0 Å². The van der Waals surface area contributed by atoms with Gasteiger partial charge in [0.15, 0.2) is 0 Å². The molecule has 5 heteroatoms. The molecule has 5 nitrogen and oxygen atoms in total. The summed E-state index contributed by atoms with van der Waals surface area (Å²) in [6, 6.07) is 3.78. The average Bonchev–Trinajstić information content (AvgIpc) is 2.76. The molecule has 0 atom stereocenters. The Labute approximate surface area is 106 Å². The number of hydrogen-bond acceptors (Lipinski definition) is 3. The molecule has 2 heterocycles. The van der Waals surface area contributed by atoms with E-state index in [4.69, 9.17) is 0 Å². The summed E-state index contributed by atoms with van der Waals surface area (Å²) in [4.78, 5) is 20.0. The van der Waals surface area contributed by atoms with E-state index in [-0.39, 0.29) is 12.5 Å². The zero-order chi connectivity index (χ0) is 13.0. The number of carbonyl (C=O) groups is 1. The Balaban J connectivity index is 1.96. The van der Waals surface area contributed by atoms with Gasteiger partial charge in [0, 0.05) is 18.6 Å². The summed E-state index contributed by atoms with van der Waals surface area (Å²) in [5.41, 5.74) is 1.15. The predicted molar refractivity (Wildman–Crippen MR) is 69.2 cm³/mol. The van der Waals surface area contributed by atoms with Gasteiger partial charge in [-0.15, -0.1) is 0 Å². The van der Waals surface area contributed by atoms with Crippen LogP contribution in [-0.2, 0) is 17.8 Å². The van der Waals surface area contributed by atoms with E-state index in [0.29, 0.717) is 5.82 Å². The van der Waals surface area contributed by atoms with Crippen LogP contribution >= 0.6 is 0 Å². The van der Waals surface area contributed by atoms with E-state index in [1.165, 1.54) is 0 Å². The number of amides is 1. The average molecular weight is 244 g/mol. The quantitative estimate of drug-likeness (QED) is 0.892. The molecule has 0 aromatic carbocycles. The normalized spacial score (nSPS) is 10.3. The summed E-state index contributed by atoms with van der Waals surface area (Å²) < 4.78 is 1.79. The maximum absolute atomic E-state index is 11.8. The van der Waals surface area contributed by atoms with Crippen molar-refractivity contribution in [3.63, 3.8) is 0 Å². The first-order valence-electron chi connectivity index (χ1n) is 5.91. The highest BCUT2D eigenvalue weighted by Crippen LogP contribution is 2.06. The van der Waals surface area contributed by atoms with Gasteiger partial charge in [-0.2, -0.15) is 0 Å². The fourth-order valence-corrected chi connectivity index (χ4v) is 1.62. The van der Waals surface area contributed by atoms with Crippen LogP contribution < -0.4 is 5.32 Å². The molecule has 1 N–H and O–H groups in total. The van der Waals surface area contributed by atoms with Crippen molar-refractivity contribution in [2.75, 3.05) is 5.32 Å². The number of imidazole rings is 1. The van der Waals surface area contributed by atoms with Crippen LogP contribution in [0.5, 0.6) is 0 Å². The molecule has 0 saturated heterocycles. The molecule has 0 aliphatic heterocycles. The van der Waals surface area contributed by atoms with E-state index in [9.17, 15) is 4.79 Å². The molecule has 0 bridgehead atoms. The Morgan fingerprint density at radius 2 is 2.22 bits per heavy atom. The predicted octanol–water partition coefficient (Wildman–Crippen LogP) is 1.79. The van der Waals surface area contributed by atoms with Crippen LogP contribution in [0.1, 0.15) is 18.3 Å². The number of rotatable bonds is 4. The number of nitrogens with zero attached hydrogens (tertiary/aromatic N) is 3. The van der Waals surface area contributed by atoms with Crippen LogP contribution in [0.3, 0.4) is 0 Å². The molecule has 0 fully saturated rings. The largest absolute Gasteiger partial charge is 0.326 e. The Kier molecular flexibility index (Phi) is 3.72. The maximum Gasteiger partial charge on any atom is 0.245 e. The van der Waals surface area contributed by atoms with E-state index in [1.54, 1.807) is 23.2 Å². The van der Waals surface area contributed by atoms with Gasteiger partial charge in [-0.1, -0.05) is 13.0 Å². The number of nitrogens with one attached hydrogen (secondary N) is 1. The molecule has 2 rings (SSSR count). The molecule has 2 aromatic rings. The highest BCUT2D eigenvalue weighted by molar-refractivity contribution is 5.89. The van der Waals surface area contributed by atoms with Crippen molar-refractivity contribution in [1.29, 1.82) is 0 Å². The highest BCUT2D eigenvalue weighted by atomic mass is 16.2. The van der Waals surface area contributed by atoms with Crippen LogP contribution in [0.2, 0.25) is 0 Å². The van der Waals surface area contributed by atoms with E-state index in [0.717, 1.165) is 17.8 Å². The Morgan fingerprint density at radius 1 is 1.39 bits per heavy atom. The second kappa shape index (κ2) is 5.44. The number of anilines is 1. The van der Waals surface area contributed by atoms with Gasteiger partial charge in [-0.3, -0.25) is 4.79 Å². The standard InChI is InChI=1S/C13H16N4O/c1-3-11-4-5-12(15-8-11)16-13(18)9-17-7-6-14-10(17)2/h4-8H,3,9H2,1-2H3,(H,15,16,18). The molecular weight excluding hydrogens is 228 g/mol. The molecule has 0 saturated carbocycles. The molecule has 1 amide bonds. The van der Waals surface area contributed by atoms with Crippen molar-refractivity contribution < 1.29 is 4.79 Å². The van der Waals surface area contributed by atoms with Gasteiger partial charge in [0.2, 0.25) is 5.91 Å². The number of aryl methyl sites for hydroxylation is 2. The zero-order valence-electron chi connectivity index (χ0n) is 10.6. The molecule has 0 aliphatic rings. The lowest BCUT2D eigenvalue weighted by atomic mass is 10.2. The van der Waals surface area contributed by atoms with Crippen molar-refractivity contribution in [2.45, 2.75) is 26.8 Å². The van der Waals surface area contributed by atoms with Gasteiger partial charge in [-0.25, -0.2) is 9.97 Å². The number of aromatic nitrogens is 3. The fraction of sp³-hybridized carbons (Fsp3) is 0.308. The van der Waals surface area contributed by atoms with Crippen molar-refractivity contribution in [1.82, 2.24) is 14.5 Å². The fourth-order valence-electron chi connectivity index (χ4n) is 1.62. The monoisotopic (exact) mass is 244 g/mol. The molecular formula is C13H16N4O. The first-order chi connectivity index (χ1) is 8.69. The van der Waals surface area contributed by atoms with Crippen molar-refractivity contribution in [3.05, 3.63) is 42.1 Å². The minimum absolute atomic E-state index is 0.104. The summed E-state index contributed by atoms with van der Waals surface area (Å²) in [5.74, 6) is 1.29. The van der Waals surface area contributed by atoms with Crippen LogP contribution in [0.25, 0.3) is 0 Å². The molecule has 0 unspecified atom stereocenters. The van der Waals surface area contributed by atoms with Crippen LogP contribution in [0, 0.1) is 6.92 Å². The molecule has 2 aromatic heterocycles. The minimum atomic E-state index is -0.104. The van der Waals surface area contributed by atoms with Gasteiger partial charge in [0.1, 0.15) is 18.2 Å². The second-order valence-corrected chi connectivity index (χ2v) is 4.06. The zero-order valence-corrected chi connectivity index (χ0v) is 10.6. The third-order valence-corrected chi connectivity index (χ3v) is 2.74. The highest BCUT2D eigenvalue weighted by Gasteiger charge is 2.05. The minimum Gasteiger partial charge on any atom is -0.326 e. The van der Waals surface area contributed by atoms with Gasteiger partial charge in [0.25, 0.3) is 0 Å². The molecule has 94 valence electrons. The van der Waals surface area contributed by atoms with E-state index in [1.807, 2.05) is 19.1 Å².